The molecule has 1 atom stereocenters. The number of ketones is 1. The van der Waals surface area contributed by atoms with Crippen molar-refractivity contribution in [3.63, 3.8) is 0 Å². The number of aliphatic hydroxyl groups excluding tert-OH is 1. The predicted molar refractivity (Wildman–Crippen MR) is 132 cm³/mol. The monoisotopic (exact) mass is 528 g/mol. The molecule has 2 aliphatic heterocycles. The van der Waals surface area contributed by atoms with Crippen LogP contribution in [-0.4, -0.2) is 71.3 Å². The normalized spacial score (nSPS) is 16.1. The summed E-state index contributed by atoms with van der Waals surface area (Å²) in [5.41, 5.74) is 3.40. The van der Waals surface area contributed by atoms with Crippen LogP contribution in [0, 0.1) is 0 Å². The molecule has 0 spiro atoms. The molecule has 0 fully saturated rings. The quantitative estimate of drug-likeness (QED) is 0.392. The van der Waals surface area contributed by atoms with Crippen molar-refractivity contribution in [3.8, 4) is 5.75 Å². The molecule has 4 rings (SSSR count). The molecule has 0 saturated heterocycles. The fraction of sp³-hybridized carbons (Fsp3) is 0.440. The lowest BCUT2D eigenvalue weighted by atomic mass is 10.1. The van der Waals surface area contributed by atoms with Gasteiger partial charge in [0, 0.05) is 37.1 Å². The molecule has 0 aliphatic carbocycles. The number of Topliss-reactive ketones (excluding diaryl/α,β-unsaturated/α-hetero) is 1. The van der Waals surface area contributed by atoms with Crippen molar-refractivity contribution in [1.82, 2.24) is 15.1 Å². The van der Waals surface area contributed by atoms with Crippen LogP contribution in [0.3, 0.4) is 0 Å². The van der Waals surface area contributed by atoms with Gasteiger partial charge in [-0.25, -0.2) is 0 Å². The van der Waals surface area contributed by atoms with Gasteiger partial charge in [-0.1, -0.05) is 6.92 Å². The Labute approximate surface area is 207 Å². The molecule has 1 aromatic carbocycles. The summed E-state index contributed by atoms with van der Waals surface area (Å²) in [5, 5.41) is 18.0. The molecule has 8 nitrogen and oxygen atoms in total. The van der Waals surface area contributed by atoms with Crippen LogP contribution in [0.1, 0.15) is 53.5 Å². The van der Waals surface area contributed by atoms with Crippen LogP contribution >= 0.6 is 15.9 Å². The second kappa shape index (κ2) is 10.7. The molecule has 0 radical (unpaired) electrons. The van der Waals surface area contributed by atoms with E-state index in [2.05, 4.69) is 31.0 Å². The van der Waals surface area contributed by atoms with Crippen LogP contribution in [0.2, 0.25) is 0 Å². The van der Waals surface area contributed by atoms with Gasteiger partial charge in [0.2, 0.25) is 0 Å². The van der Waals surface area contributed by atoms with Gasteiger partial charge >= 0.3 is 0 Å². The van der Waals surface area contributed by atoms with Crippen molar-refractivity contribution >= 4 is 33.4 Å². The number of nitrogens with zero attached hydrogens (tertiary/aromatic N) is 4. The van der Waals surface area contributed by atoms with Crippen LogP contribution in [0.25, 0.3) is 0 Å². The van der Waals surface area contributed by atoms with Gasteiger partial charge in [-0.3, -0.25) is 9.59 Å². The Morgan fingerprint density at radius 2 is 1.85 bits per heavy atom. The predicted octanol–water partition coefficient (Wildman–Crippen LogP) is 3.64. The molecular formula is C25H29BrN4O4. The van der Waals surface area contributed by atoms with E-state index in [4.69, 9.17) is 4.74 Å². The summed E-state index contributed by atoms with van der Waals surface area (Å²) in [6.45, 7) is 4.48. The van der Waals surface area contributed by atoms with Crippen molar-refractivity contribution in [2.45, 2.75) is 38.7 Å². The SMILES string of the molecule is CCC(O)CCCC(=O)c1ccc(N2CC3=C(CN(C(=O)c4cc(OC)ccc4Br)C3)C2)nn1. The molecule has 1 amide bonds. The van der Waals surface area contributed by atoms with E-state index in [1.165, 1.54) is 11.1 Å². The first-order valence-corrected chi connectivity index (χ1v) is 12.3. The lowest BCUT2D eigenvalue weighted by Gasteiger charge is -2.24. The maximum absolute atomic E-state index is 13.1. The van der Waals surface area contributed by atoms with Crippen LogP contribution in [0.5, 0.6) is 5.75 Å². The van der Waals surface area contributed by atoms with Gasteiger partial charge in [-0.05, 0) is 76.7 Å². The zero-order valence-corrected chi connectivity index (χ0v) is 21.0. The molecule has 2 aromatic rings. The van der Waals surface area contributed by atoms with E-state index in [0.717, 1.165) is 10.3 Å². The van der Waals surface area contributed by atoms with Crippen LogP contribution in [-0.2, 0) is 0 Å². The highest BCUT2D eigenvalue weighted by Gasteiger charge is 2.33. The zero-order chi connectivity index (χ0) is 24.2. The average Bonchev–Trinajstić information content (AvgIpc) is 3.43. The minimum Gasteiger partial charge on any atom is -0.497 e. The molecule has 0 bridgehead atoms. The molecule has 1 N–H and O–H groups in total. The van der Waals surface area contributed by atoms with Gasteiger partial charge < -0.3 is 19.6 Å². The molecule has 0 saturated carbocycles. The summed E-state index contributed by atoms with van der Waals surface area (Å²) in [7, 11) is 1.59. The second-order valence-electron chi connectivity index (χ2n) is 8.72. The summed E-state index contributed by atoms with van der Waals surface area (Å²) in [6, 6.07) is 8.96. The lowest BCUT2D eigenvalue weighted by Crippen LogP contribution is -2.34. The Bertz CT molecular complexity index is 1080. The second-order valence-corrected chi connectivity index (χ2v) is 9.58. The van der Waals surface area contributed by atoms with E-state index in [1.54, 1.807) is 19.2 Å². The first kappa shape index (κ1) is 24.3. The van der Waals surface area contributed by atoms with Crippen molar-refractivity contribution < 1.29 is 19.4 Å². The summed E-state index contributed by atoms with van der Waals surface area (Å²) in [5.74, 6) is 1.29. The number of methoxy groups -OCH3 is 1. The third kappa shape index (κ3) is 5.31. The third-order valence-corrected chi connectivity index (χ3v) is 7.08. The fourth-order valence-corrected chi connectivity index (χ4v) is 4.74. The van der Waals surface area contributed by atoms with Crippen molar-refractivity contribution in [1.29, 1.82) is 0 Å². The number of carbonyl (C=O) groups is 2. The molecule has 9 heteroatoms. The van der Waals surface area contributed by atoms with E-state index >= 15 is 0 Å². The first-order chi connectivity index (χ1) is 16.4. The molecule has 1 aromatic heterocycles. The summed E-state index contributed by atoms with van der Waals surface area (Å²) in [6.07, 6.45) is 1.96. The van der Waals surface area contributed by atoms with Crippen LogP contribution < -0.4 is 9.64 Å². The Morgan fingerprint density at radius 1 is 1.12 bits per heavy atom. The first-order valence-electron chi connectivity index (χ1n) is 11.5. The minimum atomic E-state index is -0.353. The highest BCUT2D eigenvalue weighted by molar-refractivity contribution is 9.10. The fourth-order valence-electron chi connectivity index (χ4n) is 4.32. The minimum absolute atomic E-state index is 0.0270. The number of anilines is 1. The maximum Gasteiger partial charge on any atom is 0.255 e. The number of halogens is 1. The topological polar surface area (TPSA) is 95.9 Å². The molecule has 34 heavy (non-hydrogen) atoms. The number of hydrogen-bond acceptors (Lipinski definition) is 7. The Hall–Kier alpha value is -2.78. The number of amides is 1. The molecule has 3 heterocycles. The number of aliphatic hydroxyl groups is 1. The largest absolute Gasteiger partial charge is 0.497 e. The van der Waals surface area contributed by atoms with Gasteiger partial charge in [-0.2, -0.15) is 0 Å². The number of rotatable bonds is 9. The molecule has 2 aliphatic rings. The standard InChI is InChI=1S/C25H29BrN4O4/c1-3-18(31)5-4-6-23(32)22-9-10-24(28-27-22)29-12-16-14-30(15-17(16)13-29)25(33)20-11-19(34-2)7-8-21(20)26/h7-11,18,31H,3-6,12-15H2,1-2H3. The summed E-state index contributed by atoms with van der Waals surface area (Å²) < 4.78 is 6.01. The number of ether oxygens (including phenoxy) is 1. The van der Waals surface area contributed by atoms with E-state index in [-0.39, 0.29) is 17.8 Å². The zero-order valence-electron chi connectivity index (χ0n) is 19.5. The maximum atomic E-state index is 13.1. The van der Waals surface area contributed by atoms with Crippen molar-refractivity contribution in [2.24, 2.45) is 0 Å². The summed E-state index contributed by atoms with van der Waals surface area (Å²) in [4.78, 5) is 29.4. The van der Waals surface area contributed by atoms with Gasteiger partial charge in [0.25, 0.3) is 5.91 Å². The number of hydrogen-bond donors (Lipinski definition) is 1. The van der Waals surface area contributed by atoms with Gasteiger partial charge in [0.15, 0.2) is 11.6 Å². The number of carbonyl (C=O) groups excluding carboxylic acids is 2. The Balaban J connectivity index is 1.31. The number of aromatic nitrogens is 2. The van der Waals surface area contributed by atoms with E-state index in [0.29, 0.717) is 68.9 Å². The smallest absolute Gasteiger partial charge is 0.255 e. The van der Waals surface area contributed by atoms with Crippen molar-refractivity contribution in [2.75, 3.05) is 38.2 Å². The van der Waals surface area contributed by atoms with Gasteiger partial charge in [0.05, 0.1) is 18.8 Å². The Kier molecular flexibility index (Phi) is 7.63. The number of benzene rings is 1. The van der Waals surface area contributed by atoms with E-state index in [9.17, 15) is 14.7 Å². The van der Waals surface area contributed by atoms with E-state index in [1.807, 2.05) is 30.0 Å². The molecular weight excluding hydrogens is 500 g/mol. The highest BCUT2D eigenvalue weighted by atomic mass is 79.9. The summed E-state index contributed by atoms with van der Waals surface area (Å²) >= 11 is 3.47. The third-order valence-electron chi connectivity index (χ3n) is 6.39. The van der Waals surface area contributed by atoms with Crippen LogP contribution in [0.15, 0.2) is 46.0 Å². The Morgan fingerprint density at radius 3 is 2.47 bits per heavy atom. The highest BCUT2D eigenvalue weighted by Crippen LogP contribution is 2.31. The lowest BCUT2D eigenvalue weighted by molar-refractivity contribution is 0.0793. The molecule has 180 valence electrons. The molecule has 1 unspecified atom stereocenters. The van der Waals surface area contributed by atoms with Crippen LogP contribution in [0.4, 0.5) is 5.82 Å². The van der Waals surface area contributed by atoms with E-state index < -0.39 is 0 Å². The van der Waals surface area contributed by atoms with Gasteiger partial charge in [0.1, 0.15) is 11.4 Å². The van der Waals surface area contributed by atoms with Crippen molar-refractivity contribution in [3.05, 3.63) is 57.2 Å². The van der Waals surface area contributed by atoms with Gasteiger partial charge in [-0.15, -0.1) is 10.2 Å². The average molecular weight is 529 g/mol.